The molecule has 0 unspecified atom stereocenters. The van der Waals surface area contributed by atoms with Crippen LogP contribution in [0.4, 0.5) is 46.1 Å². The number of hydrogen-bond donors (Lipinski definition) is 1. The van der Waals surface area contributed by atoms with Gasteiger partial charge in [0.2, 0.25) is 10.0 Å². The van der Waals surface area contributed by atoms with Gasteiger partial charge in [-0.3, -0.25) is 14.3 Å². The summed E-state index contributed by atoms with van der Waals surface area (Å²) in [5, 5.41) is 2.97. The third-order valence-electron chi connectivity index (χ3n) is 5.50. The Morgan fingerprint density at radius 1 is 1.08 bits per heavy atom. The molecule has 0 amide bonds. The van der Waals surface area contributed by atoms with Crippen LogP contribution in [-0.2, 0) is 22.9 Å². The van der Waals surface area contributed by atoms with Crippen molar-refractivity contribution in [1.82, 2.24) is 15.0 Å². The number of alkyl halides is 4. The van der Waals surface area contributed by atoms with Crippen LogP contribution >= 0.6 is 0 Å². The molecule has 0 fully saturated rings. The van der Waals surface area contributed by atoms with Gasteiger partial charge in [0.25, 0.3) is 18.7 Å². The lowest BCUT2D eigenvalue weighted by Crippen LogP contribution is -2.25. The second-order valence-electron chi connectivity index (χ2n) is 8.13. The molecule has 0 saturated heterocycles. The summed E-state index contributed by atoms with van der Waals surface area (Å²) in [7, 11) is -2.62. The minimum Gasteiger partial charge on any atom is -0.359 e. The fourth-order valence-electron chi connectivity index (χ4n) is 3.66. The number of anilines is 3. The molecule has 0 spiro atoms. The summed E-state index contributed by atoms with van der Waals surface area (Å²) in [5.74, 6) is 0.0768. The number of aliphatic imine (C=N–C) groups is 1. The zero-order valence-electron chi connectivity index (χ0n) is 19.5. The highest BCUT2D eigenvalue weighted by molar-refractivity contribution is 7.92. The molecule has 4 rings (SSSR count). The number of benzene rings is 1. The van der Waals surface area contributed by atoms with Gasteiger partial charge in [-0.1, -0.05) is 12.6 Å². The number of halogens is 4. The van der Waals surface area contributed by atoms with Gasteiger partial charge in [-0.15, -0.1) is 4.98 Å². The topological polar surface area (TPSA) is 105 Å². The van der Waals surface area contributed by atoms with Gasteiger partial charge in [-0.05, 0) is 18.2 Å². The summed E-state index contributed by atoms with van der Waals surface area (Å²) in [6, 6.07) is 4.97. The first-order valence-corrected chi connectivity index (χ1v) is 12.5. The Labute approximate surface area is 209 Å². The average Bonchev–Trinajstić information content (AvgIpc) is 3.28. The number of sulfonamides is 1. The monoisotopic (exact) mass is 533 g/mol. The molecule has 0 bridgehead atoms. The second kappa shape index (κ2) is 10.1. The van der Waals surface area contributed by atoms with Gasteiger partial charge in [0, 0.05) is 19.0 Å². The number of fused-ring (bicyclic) bond motifs is 1. The third kappa shape index (κ3) is 5.67. The zero-order valence-corrected chi connectivity index (χ0v) is 20.3. The summed E-state index contributed by atoms with van der Waals surface area (Å²) < 4.78 is 78.8. The van der Waals surface area contributed by atoms with Crippen LogP contribution in [0.5, 0.6) is 0 Å². The maximum Gasteiger partial charge on any atom is 0.288 e. The predicted molar refractivity (Wildman–Crippen MR) is 130 cm³/mol. The van der Waals surface area contributed by atoms with Crippen LogP contribution in [0.25, 0.3) is 4.85 Å². The Bertz CT molecular complexity index is 1540. The molecule has 2 aromatic heterocycles. The molecule has 1 aromatic carbocycles. The first-order chi connectivity index (χ1) is 17.5. The molecule has 0 aliphatic carbocycles. The summed E-state index contributed by atoms with van der Waals surface area (Å²) in [4.78, 5) is 19.8. The molecule has 1 aliphatic rings. The Kier molecular flexibility index (Phi) is 7.08. The number of rotatable bonds is 8. The molecule has 0 radical (unpaired) electrons. The summed E-state index contributed by atoms with van der Waals surface area (Å²) in [6.07, 6.45) is -2.09. The molecular weight excluding hydrogens is 514 g/mol. The number of aromatic nitrogens is 3. The molecule has 1 aliphatic heterocycles. The molecule has 3 aromatic rings. The van der Waals surface area contributed by atoms with E-state index in [2.05, 4.69) is 30.1 Å². The van der Waals surface area contributed by atoms with Gasteiger partial charge in [-0.25, -0.2) is 31.0 Å². The highest BCUT2D eigenvalue weighted by atomic mass is 32.2. The molecule has 14 heteroatoms. The fourth-order valence-corrected chi connectivity index (χ4v) is 4.17. The van der Waals surface area contributed by atoms with Crippen molar-refractivity contribution in [2.45, 2.75) is 25.7 Å². The van der Waals surface area contributed by atoms with Crippen LogP contribution in [0, 0.1) is 6.57 Å². The Morgan fingerprint density at radius 2 is 1.84 bits per heavy atom. The van der Waals surface area contributed by atoms with Crippen molar-refractivity contribution < 1.29 is 26.0 Å². The van der Waals surface area contributed by atoms with Crippen LogP contribution in [0.2, 0.25) is 0 Å². The van der Waals surface area contributed by atoms with Gasteiger partial charge in [-0.2, -0.15) is 0 Å². The van der Waals surface area contributed by atoms with Crippen molar-refractivity contribution in [3.05, 3.63) is 70.7 Å². The Hall–Kier alpha value is -4.12. The fraction of sp³-hybridized carbons (Fsp3) is 0.261. The summed E-state index contributed by atoms with van der Waals surface area (Å²) >= 11 is 0. The third-order valence-corrected chi connectivity index (χ3v) is 6.69. The summed E-state index contributed by atoms with van der Waals surface area (Å²) in [5.41, 5.74) is 0.693. The standard InChI is InChI=1S/C23H19F4N7O2S/c1-28-20-11-29-10-14(31-20)7-13-8-16(21-17(30-13)9-18(33-21)23(26)27)32-15-5-4-12(22(24)25)6-19(15)34(2)37(3,35)36/h4-6,8,10-11,22-23H,7,9H2,2-3H3,(H,30,32). The number of nitrogens with one attached hydrogen (secondary N) is 1. The predicted octanol–water partition coefficient (Wildman–Crippen LogP) is 4.98. The quantitative estimate of drug-likeness (QED) is 0.323. The molecule has 37 heavy (non-hydrogen) atoms. The van der Waals surface area contributed by atoms with Crippen molar-refractivity contribution in [1.29, 1.82) is 0 Å². The normalized spacial score (nSPS) is 12.9. The van der Waals surface area contributed by atoms with E-state index in [0.29, 0.717) is 11.4 Å². The lowest BCUT2D eigenvalue weighted by Gasteiger charge is -2.22. The van der Waals surface area contributed by atoms with E-state index in [0.717, 1.165) is 22.7 Å². The first kappa shape index (κ1) is 26.0. The maximum atomic E-state index is 13.4. The van der Waals surface area contributed by atoms with Crippen LogP contribution in [0.3, 0.4) is 0 Å². The molecule has 1 N–H and O–H groups in total. The van der Waals surface area contributed by atoms with Crippen molar-refractivity contribution in [3.63, 3.8) is 0 Å². The number of nitrogens with zero attached hydrogens (tertiary/aromatic N) is 6. The second-order valence-corrected chi connectivity index (χ2v) is 10.1. The minimum absolute atomic E-state index is 0.0703. The zero-order chi connectivity index (χ0) is 26.9. The van der Waals surface area contributed by atoms with Gasteiger partial charge >= 0.3 is 0 Å². The van der Waals surface area contributed by atoms with Crippen LogP contribution in [0.15, 0.2) is 41.7 Å². The molecule has 3 heterocycles. The van der Waals surface area contributed by atoms with E-state index in [1.54, 1.807) is 0 Å². The molecule has 0 saturated carbocycles. The van der Waals surface area contributed by atoms with Crippen molar-refractivity contribution in [2.24, 2.45) is 4.99 Å². The smallest absolute Gasteiger partial charge is 0.288 e. The van der Waals surface area contributed by atoms with E-state index < -0.39 is 28.4 Å². The Morgan fingerprint density at radius 3 is 2.49 bits per heavy atom. The molecular formula is C23H19F4N7O2S. The van der Waals surface area contributed by atoms with Gasteiger partial charge in [0.05, 0.1) is 59.2 Å². The van der Waals surface area contributed by atoms with E-state index in [4.69, 9.17) is 6.57 Å². The lowest BCUT2D eigenvalue weighted by molar-refractivity contribution is 0.151. The summed E-state index contributed by atoms with van der Waals surface area (Å²) in [6.45, 7) is 7.10. The highest BCUT2D eigenvalue weighted by Crippen LogP contribution is 2.40. The maximum absolute atomic E-state index is 13.4. The van der Waals surface area contributed by atoms with Crippen molar-refractivity contribution in [3.8, 4) is 0 Å². The van der Waals surface area contributed by atoms with Gasteiger partial charge in [0.15, 0.2) is 5.69 Å². The van der Waals surface area contributed by atoms with E-state index in [1.807, 2.05) is 0 Å². The SMILES string of the molecule is [C-]#[N+]c1cncc(Cc2cc(Nc3ccc(C(F)F)cc3N(C)S(C)(=O)=O)c3c(n2)CC(C(F)F)=N3)n1. The van der Waals surface area contributed by atoms with Crippen molar-refractivity contribution >= 4 is 44.3 Å². The highest BCUT2D eigenvalue weighted by Gasteiger charge is 2.27. The number of pyridine rings is 1. The molecule has 9 nitrogen and oxygen atoms in total. The largest absolute Gasteiger partial charge is 0.359 e. The van der Waals surface area contributed by atoms with Crippen LogP contribution in [0.1, 0.15) is 29.1 Å². The average molecular weight is 534 g/mol. The Balaban J connectivity index is 1.81. The lowest BCUT2D eigenvalue weighted by atomic mass is 10.1. The van der Waals surface area contributed by atoms with E-state index in [1.165, 1.54) is 31.6 Å². The number of hydrogen-bond acceptors (Lipinski definition) is 7. The van der Waals surface area contributed by atoms with E-state index >= 15 is 0 Å². The minimum atomic E-state index is -3.83. The van der Waals surface area contributed by atoms with Gasteiger partial charge < -0.3 is 10.2 Å². The molecule has 0 atom stereocenters. The van der Waals surface area contributed by atoms with Gasteiger partial charge in [0.1, 0.15) is 5.69 Å². The molecule has 192 valence electrons. The van der Waals surface area contributed by atoms with Crippen LogP contribution < -0.4 is 9.62 Å². The van der Waals surface area contributed by atoms with Crippen LogP contribution in [-0.4, -0.2) is 48.8 Å². The van der Waals surface area contributed by atoms with E-state index in [9.17, 15) is 26.0 Å². The van der Waals surface area contributed by atoms with Crippen molar-refractivity contribution in [2.75, 3.05) is 22.9 Å². The van der Waals surface area contributed by atoms with E-state index in [-0.39, 0.29) is 52.8 Å². The first-order valence-electron chi connectivity index (χ1n) is 10.7.